The van der Waals surface area contributed by atoms with E-state index in [1.165, 1.54) is 7.11 Å². The highest BCUT2D eigenvalue weighted by atomic mass is 28.3. The molecule has 0 aliphatic rings. The summed E-state index contributed by atoms with van der Waals surface area (Å²) < 4.78 is 10.2. The Balaban J connectivity index is 5.68. The SMILES string of the molecule is CC[Si](CC)(CC)/C(=C/CO)CC(C(=O)OC)C(=O)OC(C)(C)C. The summed E-state index contributed by atoms with van der Waals surface area (Å²) in [5.41, 5.74) is -0.668. The number of methoxy groups -OCH3 is 1. The minimum atomic E-state index is -1.81. The summed E-state index contributed by atoms with van der Waals surface area (Å²) >= 11 is 0. The third kappa shape index (κ3) is 6.40. The standard InChI is InChI=1S/C18H34O5Si/c1-8-24(9-2,10-3)14(11-12-19)13-15(16(20)22-7)17(21)23-18(4,5)6/h11,15,19H,8-10,12-13H2,1-7H3/b14-11+. The van der Waals surface area contributed by atoms with E-state index in [-0.39, 0.29) is 13.0 Å². The van der Waals surface area contributed by atoms with E-state index in [0.29, 0.717) is 0 Å². The van der Waals surface area contributed by atoms with Crippen molar-refractivity contribution in [3.8, 4) is 0 Å². The van der Waals surface area contributed by atoms with Gasteiger partial charge < -0.3 is 14.6 Å². The zero-order chi connectivity index (χ0) is 19.0. The molecule has 0 aliphatic heterocycles. The number of rotatable bonds is 9. The van der Waals surface area contributed by atoms with Crippen LogP contribution in [0.3, 0.4) is 0 Å². The Bertz CT molecular complexity index is 439. The summed E-state index contributed by atoms with van der Waals surface area (Å²) in [6, 6.07) is 3.02. The van der Waals surface area contributed by atoms with Crippen LogP contribution in [0, 0.1) is 5.92 Å². The summed E-state index contributed by atoms with van der Waals surface area (Å²) in [4.78, 5) is 24.7. The van der Waals surface area contributed by atoms with Crippen molar-refractivity contribution in [2.45, 2.75) is 71.7 Å². The van der Waals surface area contributed by atoms with Gasteiger partial charge in [-0.2, -0.15) is 0 Å². The lowest BCUT2D eigenvalue weighted by Crippen LogP contribution is -2.39. The van der Waals surface area contributed by atoms with E-state index in [1.54, 1.807) is 26.8 Å². The van der Waals surface area contributed by atoms with Crippen LogP contribution in [0.4, 0.5) is 0 Å². The van der Waals surface area contributed by atoms with E-state index >= 15 is 0 Å². The zero-order valence-electron chi connectivity index (χ0n) is 16.3. The number of hydrogen-bond donors (Lipinski definition) is 1. The first-order valence-electron chi connectivity index (χ1n) is 8.71. The van der Waals surface area contributed by atoms with Gasteiger partial charge in [0.2, 0.25) is 0 Å². The van der Waals surface area contributed by atoms with Gasteiger partial charge in [0, 0.05) is 0 Å². The van der Waals surface area contributed by atoms with Crippen LogP contribution >= 0.6 is 0 Å². The predicted octanol–water partition coefficient (Wildman–Crippen LogP) is 3.47. The van der Waals surface area contributed by atoms with Crippen molar-refractivity contribution >= 4 is 20.0 Å². The number of aliphatic hydroxyl groups excluding tert-OH is 1. The van der Waals surface area contributed by atoms with E-state index in [1.807, 2.05) is 0 Å². The molecule has 0 saturated heterocycles. The average Bonchev–Trinajstić information content (AvgIpc) is 2.51. The Morgan fingerprint density at radius 3 is 1.92 bits per heavy atom. The molecule has 5 nitrogen and oxygen atoms in total. The van der Waals surface area contributed by atoms with Gasteiger partial charge in [-0.25, -0.2) is 0 Å². The fourth-order valence-corrected chi connectivity index (χ4v) is 7.08. The maximum atomic E-state index is 12.5. The summed E-state index contributed by atoms with van der Waals surface area (Å²) in [6.45, 7) is 11.7. The summed E-state index contributed by atoms with van der Waals surface area (Å²) in [5, 5.41) is 10.5. The normalized spacial score (nSPS) is 14.2. The topological polar surface area (TPSA) is 72.8 Å². The molecule has 0 heterocycles. The highest BCUT2D eigenvalue weighted by molar-refractivity contribution is 6.86. The Morgan fingerprint density at radius 1 is 1.08 bits per heavy atom. The van der Waals surface area contributed by atoms with Gasteiger partial charge in [-0.05, 0) is 27.2 Å². The second kappa shape index (κ2) is 9.99. The molecule has 24 heavy (non-hydrogen) atoms. The van der Waals surface area contributed by atoms with Crippen molar-refractivity contribution in [1.82, 2.24) is 0 Å². The number of aliphatic hydroxyl groups is 1. The van der Waals surface area contributed by atoms with Crippen molar-refractivity contribution < 1.29 is 24.2 Å². The fourth-order valence-electron chi connectivity index (χ4n) is 3.06. The van der Waals surface area contributed by atoms with E-state index in [0.717, 1.165) is 23.3 Å². The van der Waals surface area contributed by atoms with Crippen LogP contribution in [0.1, 0.15) is 48.0 Å². The average molecular weight is 359 g/mol. The van der Waals surface area contributed by atoms with E-state index in [4.69, 9.17) is 9.47 Å². The first kappa shape index (κ1) is 22.9. The lowest BCUT2D eigenvalue weighted by Gasteiger charge is -2.33. The number of esters is 2. The molecule has 1 N–H and O–H groups in total. The Hall–Kier alpha value is -1.14. The maximum Gasteiger partial charge on any atom is 0.321 e. The minimum absolute atomic E-state index is 0.0910. The highest BCUT2D eigenvalue weighted by Gasteiger charge is 2.38. The smallest absolute Gasteiger partial charge is 0.321 e. The van der Waals surface area contributed by atoms with Crippen LogP contribution in [0.15, 0.2) is 11.3 Å². The molecule has 0 aromatic heterocycles. The van der Waals surface area contributed by atoms with E-state index in [2.05, 4.69) is 20.8 Å². The van der Waals surface area contributed by atoms with Crippen molar-refractivity contribution in [3.63, 3.8) is 0 Å². The molecule has 1 unspecified atom stereocenters. The number of carbonyl (C=O) groups is 2. The molecule has 0 fully saturated rings. The molecule has 0 radical (unpaired) electrons. The van der Waals surface area contributed by atoms with Crippen LogP contribution in [0.2, 0.25) is 18.1 Å². The second-order valence-corrected chi connectivity index (χ2v) is 12.4. The minimum Gasteiger partial charge on any atom is -0.468 e. The van der Waals surface area contributed by atoms with E-state index < -0.39 is 31.5 Å². The zero-order valence-corrected chi connectivity index (χ0v) is 17.3. The van der Waals surface area contributed by atoms with Gasteiger partial charge in [0.05, 0.1) is 21.8 Å². The molecule has 0 spiro atoms. The first-order chi connectivity index (χ1) is 11.1. The van der Waals surface area contributed by atoms with Gasteiger partial charge >= 0.3 is 11.9 Å². The number of allylic oxidation sites excluding steroid dienone is 1. The van der Waals surface area contributed by atoms with Crippen LogP contribution in [-0.2, 0) is 19.1 Å². The van der Waals surface area contributed by atoms with Crippen molar-refractivity contribution in [3.05, 3.63) is 11.3 Å². The Labute approximate surface area is 147 Å². The molecule has 0 amide bonds. The molecule has 0 rings (SSSR count). The third-order valence-electron chi connectivity index (χ3n) is 4.65. The number of hydrogen-bond acceptors (Lipinski definition) is 5. The molecule has 6 heteroatoms. The van der Waals surface area contributed by atoms with Gasteiger partial charge in [0.25, 0.3) is 0 Å². The van der Waals surface area contributed by atoms with Gasteiger partial charge in [-0.15, -0.1) is 0 Å². The highest BCUT2D eigenvalue weighted by Crippen LogP contribution is 2.33. The summed E-state index contributed by atoms with van der Waals surface area (Å²) in [7, 11) is -0.531. The molecule has 140 valence electrons. The molecule has 0 aliphatic carbocycles. The van der Waals surface area contributed by atoms with Crippen LogP contribution in [0.5, 0.6) is 0 Å². The molecule has 0 aromatic rings. The Kier molecular flexibility index (Phi) is 9.51. The lowest BCUT2D eigenvalue weighted by molar-refractivity contribution is -0.167. The fraction of sp³-hybridized carbons (Fsp3) is 0.778. The summed E-state index contributed by atoms with van der Waals surface area (Å²) in [6.07, 6.45) is 2.05. The van der Waals surface area contributed by atoms with Crippen LogP contribution in [-0.4, -0.2) is 44.4 Å². The van der Waals surface area contributed by atoms with Crippen molar-refractivity contribution in [1.29, 1.82) is 0 Å². The molecule has 0 bridgehead atoms. The third-order valence-corrected chi connectivity index (χ3v) is 10.5. The predicted molar refractivity (Wildman–Crippen MR) is 98.3 cm³/mol. The number of ether oxygens (including phenoxy) is 2. The summed E-state index contributed by atoms with van der Waals surface area (Å²) in [5.74, 6) is -2.13. The van der Waals surface area contributed by atoms with Gasteiger partial charge in [0.1, 0.15) is 5.60 Å². The molecular weight excluding hydrogens is 324 g/mol. The van der Waals surface area contributed by atoms with Crippen LogP contribution in [0.25, 0.3) is 0 Å². The molecule has 1 atom stereocenters. The van der Waals surface area contributed by atoms with Crippen molar-refractivity contribution in [2.24, 2.45) is 5.92 Å². The van der Waals surface area contributed by atoms with Crippen LogP contribution < -0.4 is 0 Å². The largest absolute Gasteiger partial charge is 0.468 e. The van der Waals surface area contributed by atoms with E-state index in [9.17, 15) is 14.7 Å². The maximum absolute atomic E-state index is 12.5. The van der Waals surface area contributed by atoms with Gasteiger partial charge in [-0.3, -0.25) is 9.59 Å². The lowest BCUT2D eigenvalue weighted by atomic mass is 10.0. The number of carbonyl (C=O) groups excluding carboxylic acids is 2. The Morgan fingerprint density at radius 2 is 1.58 bits per heavy atom. The van der Waals surface area contributed by atoms with Gasteiger partial charge in [-0.1, -0.05) is 50.2 Å². The molecule has 0 aromatic carbocycles. The quantitative estimate of drug-likeness (QED) is 0.388. The van der Waals surface area contributed by atoms with Crippen molar-refractivity contribution in [2.75, 3.05) is 13.7 Å². The first-order valence-corrected chi connectivity index (χ1v) is 11.3. The second-order valence-electron chi connectivity index (χ2n) is 7.07. The monoisotopic (exact) mass is 358 g/mol. The van der Waals surface area contributed by atoms with Gasteiger partial charge in [0.15, 0.2) is 5.92 Å². The molecule has 0 saturated carbocycles. The molecular formula is C18H34O5Si.